The average molecular weight is 246 g/mol. The highest BCUT2D eigenvalue weighted by atomic mass is 16.5. The number of carboxylic acids is 1. The SMILES string of the molecule is CCCCCCCCOCC(O)CCC(=O)O. The van der Waals surface area contributed by atoms with E-state index < -0.39 is 12.1 Å². The number of aliphatic hydroxyl groups excluding tert-OH is 1. The lowest BCUT2D eigenvalue weighted by Gasteiger charge is -2.09. The molecule has 0 bridgehead atoms. The minimum Gasteiger partial charge on any atom is -0.481 e. The van der Waals surface area contributed by atoms with Crippen molar-refractivity contribution in [2.75, 3.05) is 13.2 Å². The van der Waals surface area contributed by atoms with E-state index in [9.17, 15) is 9.90 Å². The molecule has 0 aromatic rings. The van der Waals surface area contributed by atoms with E-state index in [1.165, 1.54) is 32.1 Å². The lowest BCUT2D eigenvalue weighted by Crippen LogP contribution is -2.17. The Morgan fingerprint density at radius 2 is 1.82 bits per heavy atom. The molecule has 0 aliphatic heterocycles. The predicted molar refractivity (Wildman–Crippen MR) is 67.1 cm³/mol. The van der Waals surface area contributed by atoms with Gasteiger partial charge in [0.05, 0.1) is 12.7 Å². The minimum absolute atomic E-state index is 0.00153. The van der Waals surface area contributed by atoms with Crippen LogP contribution in [-0.4, -0.2) is 35.5 Å². The number of ether oxygens (including phenoxy) is 1. The van der Waals surface area contributed by atoms with Crippen LogP contribution in [0.2, 0.25) is 0 Å². The van der Waals surface area contributed by atoms with Crippen molar-refractivity contribution in [3.05, 3.63) is 0 Å². The van der Waals surface area contributed by atoms with Gasteiger partial charge in [0, 0.05) is 13.0 Å². The monoisotopic (exact) mass is 246 g/mol. The minimum atomic E-state index is -0.875. The maximum atomic E-state index is 10.3. The summed E-state index contributed by atoms with van der Waals surface area (Å²) in [5.74, 6) is -0.875. The number of rotatable bonds is 12. The standard InChI is InChI=1S/C13H26O4/c1-2-3-4-5-6-7-10-17-11-12(14)8-9-13(15)16/h12,14H,2-11H2,1H3,(H,15,16). The molecular weight excluding hydrogens is 220 g/mol. The summed E-state index contributed by atoms with van der Waals surface area (Å²) in [6.45, 7) is 3.11. The van der Waals surface area contributed by atoms with E-state index in [2.05, 4.69) is 6.92 Å². The van der Waals surface area contributed by atoms with Gasteiger partial charge in [0.2, 0.25) is 0 Å². The second-order valence-electron chi connectivity index (χ2n) is 4.43. The lowest BCUT2D eigenvalue weighted by atomic mass is 10.1. The molecule has 0 radical (unpaired) electrons. The summed E-state index contributed by atoms with van der Waals surface area (Å²) in [4.78, 5) is 10.3. The third-order valence-electron chi connectivity index (χ3n) is 2.64. The summed E-state index contributed by atoms with van der Waals surface area (Å²) in [5.41, 5.74) is 0. The van der Waals surface area contributed by atoms with Crippen molar-refractivity contribution in [1.82, 2.24) is 0 Å². The van der Waals surface area contributed by atoms with E-state index in [0.29, 0.717) is 6.61 Å². The maximum absolute atomic E-state index is 10.3. The van der Waals surface area contributed by atoms with Crippen molar-refractivity contribution in [2.45, 2.75) is 64.4 Å². The number of unbranched alkanes of at least 4 members (excludes halogenated alkanes) is 5. The second-order valence-corrected chi connectivity index (χ2v) is 4.43. The molecule has 2 N–H and O–H groups in total. The van der Waals surface area contributed by atoms with Crippen molar-refractivity contribution in [3.63, 3.8) is 0 Å². The number of aliphatic hydroxyl groups is 1. The number of carboxylic acid groups (broad SMARTS) is 1. The molecule has 102 valence electrons. The number of hydrogen-bond donors (Lipinski definition) is 2. The zero-order valence-corrected chi connectivity index (χ0v) is 10.9. The molecule has 0 fully saturated rings. The van der Waals surface area contributed by atoms with Gasteiger partial charge in [0.25, 0.3) is 0 Å². The van der Waals surface area contributed by atoms with Crippen LogP contribution in [0.4, 0.5) is 0 Å². The Bertz CT molecular complexity index is 182. The molecule has 0 heterocycles. The van der Waals surface area contributed by atoms with Gasteiger partial charge in [-0.2, -0.15) is 0 Å². The van der Waals surface area contributed by atoms with Crippen LogP contribution in [-0.2, 0) is 9.53 Å². The molecule has 4 nitrogen and oxygen atoms in total. The molecule has 0 aromatic carbocycles. The largest absolute Gasteiger partial charge is 0.481 e. The summed E-state index contributed by atoms with van der Waals surface area (Å²) in [7, 11) is 0. The van der Waals surface area contributed by atoms with Crippen molar-refractivity contribution in [3.8, 4) is 0 Å². The van der Waals surface area contributed by atoms with Gasteiger partial charge in [-0.05, 0) is 12.8 Å². The highest BCUT2D eigenvalue weighted by Crippen LogP contribution is 2.05. The Labute approximate surface area is 104 Å². The van der Waals surface area contributed by atoms with E-state index in [0.717, 1.165) is 6.42 Å². The Morgan fingerprint density at radius 3 is 2.47 bits per heavy atom. The first-order valence-electron chi connectivity index (χ1n) is 6.64. The van der Waals surface area contributed by atoms with E-state index in [4.69, 9.17) is 9.84 Å². The number of hydrogen-bond acceptors (Lipinski definition) is 3. The zero-order valence-electron chi connectivity index (χ0n) is 10.9. The molecule has 17 heavy (non-hydrogen) atoms. The van der Waals surface area contributed by atoms with Gasteiger partial charge in [-0.25, -0.2) is 0 Å². The zero-order chi connectivity index (χ0) is 12.9. The van der Waals surface area contributed by atoms with Crippen LogP contribution in [0.5, 0.6) is 0 Å². The van der Waals surface area contributed by atoms with Crippen LogP contribution >= 0.6 is 0 Å². The van der Waals surface area contributed by atoms with Gasteiger partial charge in [0.1, 0.15) is 0 Å². The van der Waals surface area contributed by atoms with E-state index >= 15 is 0 Å². The molecule has 0 saturated carbocycles. The summed E-state index contributed by atoms with van der Waals surface area (Å²) in [6.07, 6.45) is 6.91. The fraction of sp³-hybridized carbons (Fsp3) is 0.923. The highest BCUT2D eigenvalue weighted by molar-refractivity contribution is 5.66. The Morgan fingerprint density at radius 1 is 1.18 bits per heavy atom. The van der Waals surface area contributed by atoms with E-state index in [-0.39, 0.29) is 19.4 Å². The molecule has 1 atom stereocenters. The molecular formula is C13H26O4. The molecule has 0 amide bonds. The molecule has 0 aromatic heterocycles. The van der Waals surface area contributed by atoms with Crippen molar-refractivity contribution >= 4 is 5.97 Å². The van der Waals surface area contributed by atoms with Crippen LogP contribution in [0, 0.1) is 0 Å². The van der Waals surface area contributed by atoms with Gasteiger partial charge in [0.15, 0.2) is 0 Å². The first-order chi connectivity index (χ1) is 8.16. The third kappa shape index (κ3) is 13.3. The molecule has 0 saturated heterocycles. The lowest BCUT2D eigenvalue weighted by molar-refractivity contribution is -0.137. The van der Waals surface area contributed by atoms with E-state index in [1.807, 2.05) is 0 Å². The van der Waals surface area contributed by atoms with Gasteiger partial charge in [-0.15, -0.1) is 0 Å². The van der Waals surface area contributed by atoms with Gasteiger partial charge >= 0.3 is 5.97 Å². The van der Waals surface area contributed by atoms with E-state index in [1.54, 1.807) is 0 Å². The predicted octanol–water partition coefficient (Wildman–Crippen LogP) is 2.59. The molecule has 0 rings (SSSR count). The van der Waals surface area contributed by atoms with Gasteiger partial charge in [-0.1, -0.05) is 39.0 Å². The first kappa shape index (κ1) is 16.4. The van der Waals surface area contributed by atoms with Crippen LogP contribution in [0.25, 0.3) is 0 Å². The van der Waals surface area contributed by atoms with Crippen LogP contribution in [0.15, 0.2) is 0 Å². The van der Waals surface area contributed by atoms with Crippen LogP contribution in [0.1, 0.15) is 58.3 Å². The Kier molecular flexibility index (Phi) is 11.4. The number of carbonyl (C=O) groups is 1. The molecule has 0 spiro atoms. The quantitative estimate of drug-likeness (QED) is 0.519. The first-order valence-corrected chi connectivity index (χ1v) is 6.64. The third-order valence-corrected chi connectivity index (χ3v) is 2.64. The maximum Gasteiger partial charge on any atom is 0.303 e. The van der Waals surface area contributed by atoms with Crippen molar-refractivity contribution < 1.29 is 19.7 Å². The van der Waals surface area contributed by atoms with Gasteiger partial charge < -0.3 is 14.9 Å². The summed E-state index contributed by atoms with van der Waals surface area (Å²) in [6, 6.07) is 0. The second kappa shape index (κ2) is 11.9. The average Bonchev–Trinajstić information content (AvgIpc) is 2.30. The topological polar surface area (TPSA) is 66.8 Å². The van der Waals surface area contributed by atoms with Crippen LogP contribution < -0.4 is 0 Å². The molecule has 1 unspecified atom stereocenters. The fourth-order valence-corrected chi connectivity index (χ4v) is 1.58. The van der Waals surface area contributed by atoms with Gasteiger partial charge in [-0.3, -0.25) is 4.79 Å². The molecule has 0 aliphatic rings. The summed E-state index contributed by atoms with van der Waals surface area (Å²) in [5, 5.41) is 17.8. The highest BCUT2D eigenvalue weighted by Gasteiger charge is 2.06. The molecule has 0 aliphatic carbocycles. The number of aliphatic carboxylic acids is 1. The fourth-order valence-electron chi connectivity index (χ4n) is 1.58. The summed E-state index contributed by atoms with van der Waals surface area (Å²) >= 11 is 0. The van der Waals surface area contributed by atoms with Crippen LogP contribution in [0.3, 0.4) is 0 Å². The summed E-state index contributed by atoms with van der Waals surface area (Å²) < 4.78 is 5.29. The van der Waals surface area contributed by atoms with Crippen molar-refractivity contribution in [2.24, 2.45) is 0 Å². The Balaban J connectivity index is 3.13. The Hall–Kier alpha value is -0.610. The van der Waals surface area contributed by atoms with Crippen molar-refractivity contribution in [1.29, 1.82) is 0 Å². The smallest absolute Gasteiger partial charge is 0.303 e. The molecule has 4 heteroatoms. The normalized spacial score (nSPS) is 12.6.